The summed E-state index contributed by atoms with van der Waals surface area (Å²) in [6.07, 6.45) is 0.501. The molecule has 0 fully saturated rings. The number of fused-ring (bicyclic) bond motifs is 1. The van der Waals surface area contributed by atoms with E-state index in [0.29, 0.717) is 23.6 Å². The maximum atomic E-state index is 13.2. The van der Waals surface area contributed by atoms with Crippen LogP contribution in [0.15, 0.2) is 78.9 Å². The number of halogens is 1. The van der Waals surface area contributed by atoms with Crippen LogP contribution in [0.4, 0.5) is 5.69 Å². The van der Waals surface area contributed by atoms with Gasteiger partial charge in [0.25, 0.3) is 5.91 Å². The molecule has 1 aliphatic rings. The Morgan fingerprint density at radius 1 is 0.929 bits per heavy atom. The molecule has 0 aliphatic carbocycles. The topological polar surface area (TPSA) is 49.4 Å². The first-order valence-corrected chi connectivity index (χ1v) is 9.50. The highest BCUT2D eigenvalue weighted by atomic mass is 35.5. The lowest BCUT2D eigenvalue weighted by Gasteiger charge is -2.25. The molecule has 4 rings (SSSR count). The van der Waals surface area contributed by atoms with E-state index < -0.39 is 6.04 Å². The SMILES string of the molecule is O=C(NCc1ccc(Cl)cc1)[C@H]1Cc2ccccc2N1C(=O)c1ccccc1. The van der Waals surface area contributed by atoms with Crippen LogP contribution in [0.1, 0.15) is 21.5 Å². The number of nitrogens with one attached hydrogen (secondary N) is 1. The highest BCUT2D eigenvalue weighted by molar-refractivity contribution is 6.30. The lowest BCUT2D eigenvalue weighted by atomic mass is 10.1. The van der Waals surface area contributed by atoms with Crippen LogP contribution in [0.5, 0.6) is 0 Å². The molecule has 4 nitrogen and oxygen atoms in total. The van der Waals surface area contributed by atoms with E-state index in [1.807, 2.05) is 54.6 Å². The third-order valence-electron chi connectivity index (χ3n) is 4.90. The largest absolute Gasteiger partial charge is 0.350 e. The average Bonchev–Trinajstić information content (AvgIpc) is 3.13. The van der Waals surface area contributed by atoms with Gasteiger partial charge in [-0.2, -0.15) is 0 Å². The molecule has 1 aliphatic heterocycles. The van der Waals surface area contributed by atoms with Gasteiger partial charge in [0, 0.05) is 29.2 Å². The summed E-state index contributed by atoms with van der Waals surface area (Å²) < 4.78 is 0. The van der Waals surface area contributed by atoms with Crippen molar-refractivity contribution < 1.29 is 9.59 Å². The highest BCUT2D eigenvalue weighted by Crippen LogP contribution is 2.33. The molecule has 3 aromatic rings. The maximum absolute atomic E-state index is 13.2. The first-order chi connectivity index (χ1) is 13.6. The molecule has 0 saturated heterocycles. The quantitative estimate of drug-likeness (QED) is 0.724. The number of hydrogen-bond donors (Lipinski definition) is 1. The van der Waals surface area contributed by atoms with Gasteiger partial charge in [-0.3, -0.25) is 14.5 Å². The predicted molar refractivity (Wildman–Crippen MR) is 110 cm³/mol. The van der Waals surface area contributed by atoms with Crippen molar-refractivity contribution in [3.63, 3.8) is 0 Å². The van der Waals surface area contributed by atoms with Gasteiger partial charge in [0.15, 0.2) is 0 Å². The van der Waals surface area contributed by atoms with E-state index in [1.54, 1.807) is 29.2 Å². The third-order valence-corrected chi connectivity index (χ3v) is 5.15. The van der Waals surface area contributed by atoms with Crippen molar-refractivity contribution in [2.75, 3.05) is 4.90 Å². The molecule has 0 spiro atoms. The number of carbonyl (C=O) groups is 2. The summed E-state index contributed by atoms with van der Waals surface area (Å²) in [6.45, 7) is 0.385. The Bertz CT molecular complexity index is 1000. The molecule has 0 saturated carbocycles. The molecule has 1 heterocycles. The van der Waals surface area contributed by atoms with E-state index in [2.05, 4.69) is 5.32 Å². The molecule has 0 unspecified atom stereocenters. The molecule has 2 amide bonds. The van der Waals surface area contributed by atoms with Gasteiger partial charge in [-0.05, 0) is 41.5 Å². The summed E-state index contributed by atoms with van der Waals surface area (Å²) in [6, 6.07) is 23.5. The van der Waals surface area contributed by atoms with Crippen LogP contribution < -0.4 is 10.2 Å². The molecule has 5 heteroatoms. The third kappa shape index (κ3) is 3.64. The summed E-state index contributed by atoms with van der Waals surface area (Å²) >= 11 is 5.91. The minimum absolute atomic E-state index is 0.169. The normalized spacial score (nSPS) is 15.2. The monoisotopic (exact) mass is 390 g/mol. The Morgan fingerprint density at radius 3 is 2.36 bits per heavy atom. The Kier molecular flexibility index (Phi) is 5.13. The molecule has 1 N–H and O–H groups in total. The molecular weight excluding hydrogens is 372 g/mol. The van der Waals surface area contributed by atoms with E-state index >= 15 is 0 Å². The Hall–Kier alpha value is -3.11. The second-order valence-corrected chi connectivity index (χ2v) is 7.17. The number of para-hydroxylation sites is 1. The molecule has 3 aromatic carbocycles. The van der Waals surface area contributed by atoms with Crippen LogP contribution in [-0.4, -0.2) is 17.9 Å². The van der Waals surface area contributed by atoms with Crippen molar-refractivity contribution in [2.24, 2.45) is 0 Å². The molecule has 0 bridgehead atoms. The van der Waals surface area contributed by atoms with Gasteiger partial charge in [0.2, 0.25) is 5.91 Å². The molecule has 1 atom stereocenters. The Balaban J connectivity index is 1.57. The summed E-state index contributed by atoms with van der Waals surface area (Å²) in [7, 11) is 0. The van der Waals surface area contributed by atoms with Crippen LogP contribution in [0, 0.1) is 0 Å². The number of hydrogen-bond acceptors (Lipinski definition) is 2. The second-order valence-electron chi connectivity index (χ2n) is 6.73. The van der Waals surface area contributed by atoms with Crippen molar-refractivity contribution in [2.45, 2.75) is 19.0 Å². The first kappa shape index (κ1) is 18.3. The number of anilines is 1. The number of benzene rings is 3. The van der Waals surface area contributed by atoms with Crippen LogP contribution in [-0.2, 0) is 17.8 Å². The van der Waals surface area contributed by atoms with Crippen LogP contribution in [0.3, 0.4) is 0 Å². The van der Waals surface area contributed by atoms with Gasteiger partial charge in [-0.25, -0.2) is 0 Å². The van der Waals surface area contributed by atoms with Crippen LogP contribution >= 0.6 is 11.6 Å². The van der Waals surface area contributed by atoms with Gasteiger partial charge in [0.05, 0.1) is 0 Å². The van der Waals surface area contributed by atoms with E-state index in [1.165, 1.54) is 0 Å². The van der Waals surface area contributed by atoms with Crippen molar-refractivity contribution in [3.05, 3.63) is 101 Å². The van der Waals surface area contributed by atoms with Crippen molar-refractivity contribution in [3.8, 4) is 0 Å². The molecular formula is C23H19ClN2O2. The predicted octanol–water partition coefficient (Wildman–Crippen LogP) is 4.23. The van der Waals surface area contributed by atoms with Crippen LogP contribution in [0.25, 0.3) is 0 Å². The van der Waals surface area contributed by atoms with Crippen molar-refractivity contribution in [1.82, 2.24) is 5.32 Å². The number of rotatable bonds is 4. The van der Waals surface area contributed by atoms with Gasteiger partial charge in [-0.15, -0.1) is 0 Å². The van der Waals surface area contributed by atoms with Gasteiger partial charge >= 0.3 is 0 Å². The standard InChI is InChI=1S/C23H19ClN2O2/c24-19-12-10-16(11-13-19)15-25-22(27)21-14-18-8-4-5-9-20(18)26(21)23(28)17-6-2-1-3-7-17/h1-13,21H,14-15H2,(H,25,27)/t21-/m1/s1. The summed E-state index contributed by atoms with van der Waals surface area (Å²) in [5.41, 5.74) is 3.31. The van der Waals surface area contributed by atoms with E-state index in [-0.39, 0.29) is 11.8 Å². The first-order valence-electron chi connectivity index (χ1n) is 9.12. The maximum Gasteiger partial charge on any atom is 0.259 e. The van der Waals surface area contributed by atoms with Crippen molar-refractivity contribution in [1.29, 1.82) is 0 Å². The van der Waals surface area contributed by atoms with E-state index in [4.69, 9.17) is 11.6 Å². The lowest BCUT2D eigenvalue weighted by molar-refractivity contribution is -0.122. The van der Waals surface area contributed by atoms with Gasteiger partial charge in [-0.1, -0.05) is 60.1 Å². The number of carbonyl (C=O) groups excluding carboxylic acids is 2. The van der Waals surface area contributed by atoms with E-state index in [0.717, 1.165) is 16.8 Å². The highest BCUT2D eigenvalue weighted by Gasteiger charge is 2.38. The fraction of sp³-hybridized carbons (Fsp3) is 0.130. The molecule has 140 valence electrons. The summed E-state index contributed by atoms with van der Waals surface area (Å²) in [5.74, 6) is -0.340. The fourth-order valence-corrected chi connectivity index (χ4v) is 3.60. The zero-order chi connectivity index (χ0) is 19.5. The van der Waals surface area contributed by atoms with E-state index in [9.17, 15) is 9.59 Å². The Labute approximate surface area is 168 Å². The smallest absolute Gasteiger partial charge is 0.259 e. The fourth-order valence-electron chi connectivity index (χ4n) is 3.48. The van der Waals surface area contributed by atoms with Gasteiger partial charge < -0.3 is 5.32 Å². The summed E-state index contributed by atoms with van der Waals surface area (Å²) in [5, 5.41) is 3.61. The second kappa shape index (κ2) is 7.87. The van der Waals surface area contributed by atoms with Crippen LogP contribution in [0.2, 0.25) is 5.02 Å². The summed E-state index contributed by atoms with van der Waals surface area (Å²) in [4.78, 5) is 27.7. The average molecular weight is 391 g/mol. The van der Waals surface area contributed by atoms with Crippen molar-refractivity contribution >= 4 is 29.1 Å². The zero-order valence-electron chi connectivity index (χ0n) is 15.1. The molecule has 28 heavy (non-hydrogen) atoms. The molecule has 0 aromatic heterocycles. The number of amides is 2. The minimum atomic E-state index is -0.572. The number of nitrogens with zero attached hydrogens (tertiary/aromatic N) is 1. The molecule has 0 radical (unpaired) electrons. The Morgan fingerprint density at radius 2 is 1.61 bits per heavy atom. The van der Waals surface area contributed by atoms with Gasteiger partial charge in [0.1, 0.15) is 6.04 Å². The zero-order valence-corrected chi connectivity index (χ0v) is 15.9. The minimum Gasteiger partial charge on any atom is -0.350 e. The lowest BCUT2D eigenvalue weighted by Crippen LogP contribution is -2.48.